The van der Waals surface area contributed by atoms with Crippen LogP contribution in [0.1, 0.15) is 34.1 Å². The molecule has 2 aromatic carbocycles. The van der Waals surface area contributed by atoms with Crippen LogP contribution in [0.15, 0.2) is 60.7 Å². The van der Waals surface area contributed by atoms with Crippen molar-refractivity contribution >= 4 is 5.91 Å². The lowest BCUT2D eigenvalue weighted by Gasteiger charge is -2.34. The van der Waals surface area contributed by atoms with Gasteiger partial charge in [0.1, 0.15) is 6.04 Å². The van der Waals surface area contributed by atoms with E-state index >= 15 is 0 Å². The van der Waals surface area contributed by atoms with E-state index in [1.165, 1.54) is 16.8 Å². The molecular weight excluding hydrogens is 348 g/mol. The Hall–Kier alpha value is -2.92. The molecule has 144 valence electrons. The third-order valence-corrected chi connectivity index (χ3v) is 5.51. The quantitative estimate of drug-likeness (QED) is 0.747. The Morgan fingerprint density at radius 1 is 1.11 bits per heavy atom. The summed E-state index contributed by atoms with van der Waals surface area (Å²) in [5, 5.41) is 7.64. The Morgan fingerprint density at radius 3 is 2.46 bits per heavy atom. The number of hydrogen-bond donors (Lipinski definition) is 1. The van der Waals surface area contributed by atoms with Gasteiger partial charge >= 0.3 is 0 Å². The number of likely N-dealkylation sites (N-methyl/N-ethyl adjacent to an activating group) is 1. The molecule has 3 aromatic rings. The second kappa shape index (κ2) is 7.98. The number of carbonyl (C=O) groups excluding carboxylic acids is 1. The summed E-state index contributed by atoms with van der Waals surface area (Å²) in [6, 6.07) is 20.2. The van der Waals surface area contributed by atoms with Gasteiger partial charge < -0.3 is 5.32 Å². The highest BCUT2D eigenvalue weighted by Gasteiger charge is 2.32. The summed E-state index contributed by atoms with van der Waals surface area (Å²) in [6.45, 7) is 4.43. The van der Waals surface area contributed by atoms with E-state index in [1.54, 1.807) is 7.05 Å². The molecule has 1 amide bonds. The van der Waals surface area contributed by atoms with Crippen LogP contribution in [0, 0.1) is 6.92 Å². The molecule has 1 N–H and O–H groups in total. The molecule has 0 saturated carbocycles. The predicted molar refractivity (Wildman–Crippen MR) is 110 cm³/mol. The molecular formula is C23H26N4O. The minimum atomic E-state index is -0.281. The normalized spacial score (nSPS) is 15.1. The smallest absolute Gasteiger partial charge is 0.241 e. The van der Waals surface area contributed by atoms with Gasteiger partial charge in [0, 0.05) is 37.8 Å². The van der Waals surface area contributed by atoms with Gasteiger partial charge in [0.25, 0.3) is 0 Å². The number of rotatable bonds is 5. The zero-order chi connectivity index (χ0) is 19.5. The van der Waals surface area contributed by atoms with Gasteiger partial charge in [-0.2, -0.15) is 5.10 Å². The number of carbonyl (C=O) groups is 1. The maximum absolute atomic E-state index is 12.7. The minimum absolute atomic E-state index is 0.0315. The standard InChI is InChI=1S/C23H26N4O/c1-17-20-16-26(22(23(28)24-2)19-11-7-4-8-12-19)14-13-21(20)27(25-17)15-18-9-5-3-6-10-18/h3-12,22H,13-16H2,1-2H3,(H,24,28)/t22-/m1/s1. The van der Waals surface area contributed by atoms with Gasteiger partial charge in [-0.05, 0) is 18.1 Å². The third kappa shape index (κ3) is 3.58. The number of aryl methyl sites for hydroxylation is 1. The molecule has 1 atom stereocenters. The van der Waals surface area contributed by atoms with Gasteiger partial charge in [0.2, 0.25) is 5.91 Å². The molecule has 0 bridgehead atoms. The first-order valence-electron chi connectivity index (χ1n) is 9.77. The molecule has 0 spiro atoms. The fourth-order valence-corrected chi connectivity index (χ4v) is 4.09. The van der Waals surface area contributed by atoms with Crippen molar-refractivity contribution in [3.8, 4) is 0 Å². The van der Waals surface area contributed by atoms with Crippen LogP contribution >= 0.6 is 0 Å². The topological polar surface area (TPSA) is 50.2 Å². The first-order chi connectivity index (χ1) is 13.7. The summed E-state index contributed by atoms with van der Waals surface area (Å²) in [7, 11) is 1.71. The maximum atomic E-state index is 12.7. The van der Waals surface area contributed by atoms with Crippen LogP contribution in [0.3, 0.4) is 0 Å². The van der Waals surface area contributed by atoms with E-state index in [-0.39, 0.29) is 11.9 Å². The molecule has 1 aliphatic heterocycles. The van der Waals surface area contributed by atoms with Crippen LogP contribution in [0.2, 0.25) is 0 Å². The maximum Gasteiger partial charge on any atom is 0.241 e. The summed E-state index contributed by atoms with van der Waals surface area (Å²) in [6.07, 6.45) is 0.892. The van der Waals surface area contributed by atoms with Gasteiger partial charge in [0.15, 0.2) is 0 Å². The first-order valence-corrected chi connectivity index (χ1v) is 9.77. The summed E-state index contributed by atoms with van der Waals surface area (Å²) in [5.41, 5.74) is 5.88. The molecule has 5 heteroatoms. The molecule has 0 saturated heterocycles. The SMILES string of the molecule is CNC(=O)[C@@H](c1ccccc1)N1CCc2c(c(C)nn2Cc2ccccc2)C1. The Labute approximate surface area is 166 Å². The molecule has 5 nitrogen and oxygen atoms in total. The van der Waals surface area contributed by atoms with Crippen molar-refractivity contribution in [1.82, 2.24) is 20.0 Å². The largest absolute Gasteiger partial charge is 0.358 e. The zero-order valence-electron chi connectivity index (χ0n) is 16.4. The Kier molecular flexibility index (Phi) is 5.26. The fraction of sp³-hybridized carbons (Fsp3) is 0.304. The second-order valence-corrected chi connectivity index (χ2v) is 7.30. The van der Waals surface area contributed by atoms with E-state index in [0.29, 0.717) is 0 Å². The second-order valence-electron chi connectivity index (χ2n) is 7.30. The van der Waals surface area contributed by atoms with Gasteiger partial charge in [-0.25, -0.2) is 0 Å². The van der Waals surface area contributed by atoms with Crippen molar-refractivity contribution in [2.45, 2.75) is 32.5 Å². The van der Waals surface area contributed by atoms with E-state index in [4.69, 9.17) is 5.10 Å². The van der Waals surface area contributed by atoms with Gasteiger partial charge in [0.05, 0.1) is 12.2 Å². The Balaban J connectivity index is 1.61. The number of aromatic nitrogens is 2. The van der Waals surface area contributed by atoms with Crippen LogP contribution in [-0.4, -0.2) is 34.2 Å². The lowest BCUT2D eigenvalue weighted by molar-refractivity contribution is -0.126. The predicted octanol–water partition coefficient (Wildman–Crippen LogP) is 3.09. The summed E-state index contributed by atoms with van der Waals surface area (Å²) in [5.74, 6) is 0.0315. The highest BCUT2D eigenvalue weighted by Crippen LogP contribution is 2.30. The average molecular weight is 374 g/mol. The summed E-state index contributed by atoms with van der Waals surface area (Å²) >= 11 is 0. The van der Waals surface area contributed by atoms with Crippen LogP contribution in [0.5, 0.6) is 0 Å². The highest BCUT2D eigenvalue weighted by atomic mass is 16.2. The van der Waals surface area contributed by atoms with Crippen molar-refractivity contribution in [2.75, 3.05) is 13.6 Å². The van der Waals surface area contributed by atoms with E-state index in [2.05, 4.69) is 46.1 Å². The number of hydrogen-bond acceptors (Lipinski definition) is 3. The van der Waals surface area contributed by atoms with Crippen molar-refractivity contribution in [1.29, 1.82) is 0 Å². The van der Waals surface area contributed by atoms with E-state index < -0.39 is 0 Å². The van der Waals surface area contributed by atoms with Crippen molar-refractivity contribution in [2.24, 2.45) is 0 Å². The van der Waals surface area contributed by atoms with Crippen molar-refractivity contribution in [3.63, 3.8) is 0 Å². The molecule has 2 heterocycles. The number of nitrogens with zero attached hydrogens (tertiary/aromatic N) is 3. The lowest BCUT2D eigenvalue weighted by Crippen LogP contribution is -2.42. The summed E-state index contributed by atoms with van der Waals surface area (Å²) < 4.78 is 2.13. The van der Waals surface area contributed by atoms with Gasteiger partial charge in [-0.15, -0.1) is 0 Å². The van der Waals surface area contributed by atoms with Gasteiger partial charge in [-0.3, -0.25) is 14.4 Å². The molecule has 1 aliphatic rings. The molecule has 1 aromatic heterocycles. The molecule has 28 heavy (non-hydrogen) atoms. The number of benzene rings is 2. The molecule has 0 fully saturated rings. The first kappa shape index (κ1) is 18.4. The number of amides is 1. The van der Waals surface area contributed by atoms with Crippen LogP contribution in [0.4, 0.5) is 0 Å². The highest BCUT2D eigenvalue weighted by molar-refractivity contribution is 5.83. The number of fused-ring (bicyclic) bond motifs is 1. The summed E-state index contributed by atoms with van der Waals surface area (Å²) in [4.78, 5) is 14.9. The molecule has 4 rings (SSSR count). The zero-order valence-corrected chi connectivity index (χ0v) is 16.4. The van der Waals surface area contributed by atoms with Crippen molar-refractivity contribution in [3.05, 3.63) is 88.7 Å². The van der Waals surface area contributed by atoms with E-state index in [0.717, 1.165) is 37.3 Å². The van der Waals surface area contributed by atoms with Crippen molar-refractivity contribution < 1.29 is 4.79 Å². The minimum Gasteiger partial charge on any atom is -0.358 e. The van der Waals surface area contributed by atoms with Crippen LogP contribution < -0.4 is 5.32 Å². The van der Waals surface area contributed by atoms with Crippen LogP contribution in [-0.2, 0) is 24.3 Å². The molecule has 0 unspecified atom stereocenters. The number of nitrogens with one attached hydrogen (secondary N) is 1. The van der Waals surface area contributed by atoms with Crippen LogP contribution in [0.25, 0.3) is 0 Å². The average Bonchev–Trinajstić information content (AvgIpc) is 3.04. The van der Waals surface area contributed by atoms with E-state index in [1.807, 2.05) is 36.4 Å². The fourth-order valence-electron chi connectivity index (χ4n) is 4.09. The van der Waals surface area contributed by atoms with E-state index in [9.17, 15) is 4.79 Å². The monoisotopic (exact) mass is 374 g/mol. The Bertz CT molecular complexity index is 949. The Morgan fingerprint density at radius 2 is 1.79 bits per heavy atom. The molecule has 0 aliphatic carbocycles. The molecule has 0 radical (unpaired) electrons. The third-order valence-electron chi connectivity index (χ3n) is 5.51. The lowest BCUT2D eigenvalue weighted by atomic mass is 9.99. The van der Waals surface area contributed by atoms with Gasteiger partial charge in [-0.1, -0.05) is 60.7 Å².